The van der Waals surface area contributed by atoms with Crippen molar-refractivity contribution < 1.29 is 8.42 Å². The lowest BCUT2D eigenvalue weighted by molar-refractivity contribution is 0.126. The van der Waals surface area contributed by atoms with Crippen LogP contribution in [0.5, 0.6) is 0 Å². The van der Waals surface area contributed by atoms with E-state index in [1.165, 1.54) is 25.5 Å². The molecule has 0 aromatic heterocycles. The summed E-state index contributed by atoms with van der Waals surface area (Å²) in [5, 5.41) is 3.39. The van der Waals surface area contributed by atoms with E-state index in [1.807, 2.05) is 7.05 Å². The molecule has 0 amide bonds. The quantitative estimate of drug-likeness (QED) is 0.767. The Hall–Kier alpha value is -0.130. The van der Waals surface area contributed by atoms with Crippen molar-refractivity contribution in [3.8, 4) is 0 Å². The third-order valence-corrected chi connectivity index (χ3v) is 4.79. The van der Waals surface area contributed by atoms with Gasteiger partial charge >= 0.3 is 0 Å². The number of hydrogen-bond acceptors (Lipinski definition) is 4. The number of nitrogens with one attached hydrogen (secondary N) is 1. The summed E-state index contributed by atoms with van der Waals surface area (Å²) in [5.41, 5.74) is 0.386. The van der Waals surface area contributed by atoms with Gasteiger partial charge in [-0.25, -0.2) is 8.42 Å². The van der Waals surface area contributed by atoms with Gasteiger partial charge in [-0.3, -0.25) is 0 Å². The fraction of sp³-hybridized carbons (Fsp3) is 1.00. The Kier molecular flexibility index (Phi) is 5.41. The molecule has 4 nitrogen and oxygen atoms in total. The molecule has 102 valence electrons. The zero-order valence-corrected chi connectivity index (χ0v) is 12.1. The van der Waals surface area contributed by atoms with E-state index < -0.39 is 9.84 Å². The average molecular weight is 262 g/mol. The monoisotopic (exact) mass is 262 g/mol. The molecule has 0 aromatic rings. The van der Waals surface area contributed by atoms with Crippen molar-refractivity contribution in [2.24, 2.45) is 5.41 Å². The van der Waals surface area contributed by atoms with Crippen molar-refractivity contribution in [1.29, 1.82) is 0 Å². The number of nitrogens with zero attached hydrogens (tertiary/aromatic N) is 1. The first-order chi connectivity index (χ1) is 7.87. The van der Waals surface area contributed by atoms with Crippen LogP contribution in [0.2, 0.25) is 0 Å². The molecule has 0 unspecified atom stereocenters. The first-order valence-electron chi connectivity index (χ1n) is 6.44. The van der Waals surface area contributed by atoms with Crippen molar-refractivity contribution in [2.45, 2.75) is 26.2 Å². The van der Waals surface area contributed by atoms with Crippen LogP contribution in [0.3, 0.4) is 0 Å². The van der Waals surface area contributed by atoms with Crippen LogP contribution in [-0.2, 0) is 9.84 Å². The van der Waals surface area contributed by atoms with E-state index in [4.69, 9.17) is 0 Å². The Morgan fingerprint density at radius 2 is 1.88 bits per heavy atom. The minimum absolute atomic E-state index is 0.265. The van der Waals surface area contributed by atoms with Crippen molar-refractivity contribution in [3.63, 3.8) is 0 Å². The molecule has 0 spiro atoms. The SMILES string of the molecule is CCC1(CN(C)CCS(C)(=O)=O)CCNCC1. The second kappa shape index (κ2) is 6.16. The fourth-order valence-electron chi connectivity index (χ4n) is 2.55. The third kappa shape index (κ3) is 5.36. The second-order valence-electron chi connectivity index (χ2n) is 5.47. The highest BCUT2D eigenvalue weighted by Crippen LogP contribution is 2.32. The standard InChI is InChI=1S/C12H26N2O2S/c1-4-12(5-7-13-8-6-12)11-14(2)9-10-17(3,15)16/h13H,4-11H2,1-3H3. The second-order valence-corrected chi connectivity index (χ2v) is 7.73. The molecule has 17 heavy (non-hydrogen) atoms. The van der Waals surface area contributed by atoms with Crippen LogP contribution < -0.4 is 5.32 Å². The molecule has 1 fully saturated rings. The Morgan fingerprint density at radius 3 is 2.35 bits per heavy atom. The lowest BCUT2D eigenvalue weighted by atomic mass is 9.76. The number of rotatable bonds is 6. The van der Waals surface area contributed by atoms with Crippen LogP contribution in [-0.4, -0.2) is 58.6 Å². The summed E-state index contributed by atoms with van der Waals surface area (Å²) in [6.07, 6.45) is 4.89. The topological polar surface area (TPSA) is 49.4 Å². The largest absolute Gasteiger partial charge is 0.317 e. The summed E-state index contributed by atoms with van der Waals surface area (Å²) < 4.78 is 22.3. The highest BCUT2D eigenvalue weighted by molar-refractivity contribution is 7.90. The molecule has 1 N–H and O–H groups in total. The van der Waals surface area contributed by atoms with E-state index >= 15 is 0 Å². The van der Waals surface area contributed by atoms with Gasteiger partial charge in [-0.15, -0.1) is 0 Å². The molecular weight excluding hydrogens is 236 g/mol. The van der Waals surface area contributed by atoms with Crippen molar-refractivity contribution in [2.75, 3.05) is 45.2 Å². The molecule has 1 rings (SSSR count). The Balaban J connectivity index is 2.44. The molecule has 0 bridgehead atoms. The summed E-state index contributed by atoms with van der Waals surface area (Å²) in [6, 6.07) is 0. The lowest BCUT2D eigenvalue weighted by Gasteiger charge is -2.39. The highest BCUT2D eigenvalue weighted by atomic mass is 32.2. The third-order valence-electron chi connectivity index (χ3n) is 3.86. The molecule has 0 atom stereocenters. The summed E-state index contributed by atoms with van der Waals surface area (Å²) in [5.74, 6) is 0.265. The van der Waals surface area contributed by atoms with Gasteiger partial charge in [-0.1, -0.05) is 6.92 Å². The minimum Gasteiger partial charge on any atom is -0.317 e. The molecule has 1 aliphatic heterocycles. The van der Waals surface area contributed by atoms with E-state index in [-0.39, 0.29) is 5.75 Å². The Labute approximate surface area is 106 Å². The molecular formula is C12H26N2O2S. The van der Waals surface area contributed by atoms with Crippen LogP contribution in [0.15, 0.2) is 0 Å². The van der Waals surface area contributed by atoms with Gasteiger partial charge in [0.05, 0.1) is 5.75 Å². The van der Waals surface area contributed by atoms with Gasteiger partial charge in [0.2, 0.25) is 0 Å². The molecule has 1 saturated heterocycles. The summed E-state index contributed by atoms with van der Waals surface area (Å²) >= 11 is 0. The molecule has 0 aromatic carbocycles. The minimum atomic E-state index is -2.84. The smallest absolute Gasteiger partial charge is 0.148 e. The predicted octanol–water partition coefficient (Wildman–Crippen LogP) is 0.743. The van der Waals surface area contributed by atoms with Gasteiger partial charge in [0, 0.05) is 19.3 Å². The van der Waals surface area contributed by atoms with E-state index in [0.717, 1.165) is 19.6 Å². The van der Waals surface area contributed by atoms with Gasteiger partial charge in [0.25, 0.3) is 0 Å². The van der Waals surface area contributed by atoms with Crippen LogP contribution in [0.4, 0.5) is 0 Å². The Bertz CT molecular complexity index is 321. The average Bonchev–Trinajstić information content (AvgIpc) is 2.27. The molecule has 0 aliphatic carbocycles. The summed E-state index contributed by atoms with van der Waals surface area (Å²) in [6.45, 7) is 6.09. The number of sulfone groups is 1. The van der Waals surface area contributed by atoms with Crippen molar-refractivity contribution in [3.05, 3.63) is 0 Å². The van der Waals surface area contributed by atoms with E-state index in [0.29, 0.717) is 12.0 Å². The number of piperidine rings is 1. The zero-order chi connectivity index (χ0) is 12.9. The van der Waals surface area contributed by atoms with E-state index in [1.54, 1.807) is 0 Å². The predicted molar refractivity (Wildman–Crippen MR) is 72.0 cm³/mol. The molecule has 1 heterocycles. The molecule has 0 radical (unpaired) electrons. The van der Waals surface area contributed by atoms with Gasteiger partial charge < -0.3 is 10.2 Å². The van der Waals surface area contributed by atoms with Crippen LogP contribution in [0.1, 0.15) is 26.2 Å². The van der Waals surface area contributed by atoms with Crippen molar-refractivity contribution >= 4 is 9.84 Å². The maximum atomic E-state index is 11.1. The van der Waals surface area contributed by atoms with Gasteiger partial charge in [0.15, 0.2) is 0 Å². The number of hydrogen-bond donors (Lipinski definition) is 1. The first kappa shape index (κ1) is 14.9. The van der Waals surface area contributed by atoms with Crippen LogP contribution >= 0.6 is 0 Å². The fourth-order valence-corrected chi connectivity index (χ4v) is 3.20. The maximum absolute atomic E-state index is 11.1. The van der Waals surface area contributed by atoms with E-state index in [9.17, 15) is 8.42 Å². The molecule has 0 saturated carbocycles. The summed E-state index contributed by atoms with van der Waals surface area (Å²) in [4.78, 5) is 2.18. The molecule has 5 heteroatoms. The van der Waals surface area contributed by atoms with E-state index in [2.05, 4.69) is 17.1 Å². The van der Waals surface area contributed by atoms with Gasteiger partial charge in [-0.2, -0.15) is 0 Å². The first-order valence-corrected chi connectivity index (χ1v) is 8.50. The van der Waals surface area contributed by atoms with Crippen LogP contribution in [0, 0.1) is 5.41 Å². The Morgan fingerprint density at radius 1 is 1.29 bits per heavy atom. The lowest BCUT2D eigenvalue weighted by Crippen LogP contribution is -2.44. The van der Waals surface area contributed by atoms with Gasteiger partial charge in [0.1, 0.15) is 9.84 Å². The maximum Gasteiger partial charge on any atom is 0.148 e. The van der Waals surface area contributed by atoms with Crippen LogP contribution in [0.25, 0.3) is 0 Å². The zero-order valence-electron chi connectivity index (χ0n) is 11.3. The van der Waals surface area contributed by atoms with Crippen molar-refractivity contribution in [1.82, 2.24) is 10.2 Å². The highest BCUT2D eigenvalue weighted by Gasteiger charge is 2.31. The summed E-state index contributed by atoms with van der Waals surface area (Å²) in [7, 11) is -0.808. The normalized spacial score (nSPS) is 20.7. The molecule has 1 aliphatic rings. The van der Waals surface area contributed by atoms with Gasteiger partial charge in [-0.05, 0) is 44.8 Å².